The Bertz CT molecular complexity index is 206. The minimum absolute atomic E-state index is 0.300. The van der Waals surface area contributed by atoms with E-state index in [9.17, 15) is 9.59 Å². The van der Waals surface area contributed by atoms with E-state index >= 15 is 0 Å². The van der Waals surface area contributed by atoms with Crippen LogP contribution in [0.4, 0.5) is 4.79 Å². The molecule has 0 saturated carbocycles. The Morgan fingerprint density at radius 2 is 2.46 bits per heavy atom. The predicted molar refractivity (Wildman–Crippen MR) is 46.2 cm³/mol. The molecule has 1 rings (SSSR count). The summed E-state index contributed by atoms with van der Waals surface area (Å²) in [6, 6.07) is -0.762. The average molecular weight is 186 g/mol. The summed E-state index contributed by atoms with van der Waals surface area (Å²) in [4.78, 5) is 22.0. The minimum atomic E-state index is -0.461. The lowest BCUT2D eigenvalue weighted by molar-refractivity contribution is -0.139. The highest BCUT2D eigenvalue weighted by molar-refractivity contribution is 5.84. The summed E-state index contributed by atoms with van der Waals surface area (Å²) < 4.78 is 4.69. The number of amides is 2. The topological polar surface area (TPSA) is 67.4 Å². The summed E-state index contributed by atoms with van der Waals surface area (Å²) in [6.45, 7) is 2.98. The molecule has 1 unspecified atom stereocenters. The average Bonchev–Trinajstić information content (AvgIpc) is 2.48. The summed E-state index contributed by atoms with van der Waals surface area (Å²) in [5.41, 5.74) is 0. The third kappa shape index (κ3) is 2.93. The van der Waals surface area contributed by atoms with E-state index < -0.39 is 6.04 Å². The molecule has 0 aromatic heterocycles. The molecule has 1 aliphatic heterocycles. The second kappa shape index (κ2) is 4.69. The number of hydrogen-bond donors (Lipinski definition) is 2. The van der Waals surface area contributed by atoms with Crippen LogP contribution in [0.1, 0.15) is 19.8 Å². The molecule has 74 valence electrons. The van der Waals surface area contributed by atoms with Gasteiger partial charge in [0.05, 0.1) is 6.61 Å². The van der Waals surface area contributed by atoms with Crippen LogP contribution >= 0.6 is 0 Å². The van der Waals surface area contributed by atoms with Crippen molar-refractivity contribution in [3.63, 3.8) is 0 Å². The van der Waals surface area contributed by atoms with E-state index in [1.54, 1.807) is 0 Å². The number of nitrogens with one attached hydrogen (secondary N) is 2. The number of rotatable bonds is 3. The highest BCUT2D eigenvalue weighted by Crippen LogP contribution is 2.04. The van der Waals surface area contributed by atoms with Crippen LogP contribution in [0.15, 0.2) is 0 Å². The number of urea groups is 1. The normalized spacial score (nSPS) is 21.0. The summed E-state index contributed by atoms with van der Waals surface area (Å²) in [5.74, 6) is -0.341. The van der Waals surface area contributed by atoms with Crippen LogP contribution < -0.4 is 10.6 Å². The van der Waals surface area contributed by atoms with Gasteiger partial charge in [-0.15, -0.1) is 0 Å². The first-order valence-corrected chi connectivity index (χ1v) is 4.45. The molecular formula is C8H14N2O3. The first-order chi connectivity index (χ1) is 6.24. The largest absolute Gasteiger partial charge is 0.464 e. The molecule has 0 bridgehead atoms. The fraction of sp³-hybridized carbons (Fsp3) is 0.750. The van der Waals surface area contributed by atoms with Crippen molar-refractivity contribution in [2.45, 2.75) is 25.8 Å². The van der Waals surface area contributed by atoms with E-state index in [1.807, 2.05) is 6.92 Å². The minimum Gasteiger partial charge on any atom is -0.464 e. The molecule has 1 fully saturated rings. The quantitative estimate of drug-likeness (QED) is 0.610. The monoisotopic (exact) mass is 186 g/mol. The molecule has 2 N–H and O–H groups in total. The molecule has 0 spiro atoms. The van der Waals surface area contributed by atoms with E-state index in [4.69, 9.17) is 0 Å². The molecule has 0 aromatic carbocycles. The van der Waals surface area contributed by atoms with Crippen LogP contribution in [0, 0.1) is 0 Å². The van der Waals surface area contributed by atoms with Crippen molar-refractivity contribution in [1.29, 1.82) is 0 Å². The van der Waals surface area contributed by atoms with Gasteiger partial charge in [-0.1, -0.05) is 6.92 Å². The summed E-state index contributed by atoms with van der Waals surface area (Å²) in [5, 5.41) is 5.16. The maximum Gasteiger partial charge on any atom is 0.328 e. The van der Waals surface area contributed by atoms with Crippen LogP contribution in [0.2, 0.25) is 0 Å². The second-order valence-corrected chi connectivity index (χ2v) is 2.91. The van der Waals surface area contributed by atoms with E-state index in [2.05, 4.69) is 15.4 Å². The smallest absolute Gasteiger partial charge is 0.328 e. The summed E-state index contributed by atoms with van der Waals surface area (Å²) in [6.07, 6.45) is 1.45. The van der Waals surface area contributed by atoms with E-state index in [0.717, 1.165) is 6.42 Å². The summed E-state index contributed by atoms with van der Waals surface area (Å²) >= 11 is 0. The second-order valence-electron chi connectivity index (χ2n) is 2.91. The summed E-state index contributed by atoms with van der Waals surface area (Å²) in [7, 11) is 0. The van der Waals surface area contributed by atoms with Gasteiger partial charge in [-0.05, 0) is 6.42 Å². The van der Waals surface area contributed by atoms with E-state index in [1.165, 1.54) is 0 Å². The molecular weight excluding hydrogens is 172 g/mol. The lowest BCUT2D eigenvalue weighted by Crippen LogP contribution is -2.44. The fourth-order valence-corrected chi connectivity index (χ4v) is 1.07. The van der Waals surface area contributed by atoms with Crippen LogP contribution in [0.5, 0.6) is 0 Å². The molecule has 1 aliphatic rings. The molecule has 1 atom stereocenters. The molecule has 0 aromatic rings. The number of esters is 1. The van der Waals surface area contributed by atoms with E-state index in [0.29, 0.717) is 19.6 Å². The van der Waals surface area contributed by atoms with Crippen molar-refractivity contribution in [3.8, 4) is 0 Å². The Morgan fingerprint density at radius 3 is 3.00 bits per heavy atom. The van der Waals surface area contributed by atoms with Crippen molar-refractivity contribution < 1.29 is 14.3 Å². The molecule has 1 heterocycles. The van der Waals surface area contributed by atoms with Gasteiger partial charge in [0.2, 0.25) is 0 Å². The third-order valence-electron chi connectivity index (χ3n) is 1.78. The van der Waals surface area contributed by atoms with Crippen LogP contribution in [0.3, 0.4) is 0 Å². The fourth-order valence-electron chi connectivity index (χ4n) is 1.07. The Hall–Kier alpha value is -1.26. The van der Waals surface area contributed by atoms with Crippen molar-refractivity contribution >= 4 is 12.0 Å². The lowest BCUT2D eigenvalue weighted by Gasteiger charge is -2.09. The molecule has 0 aliphatic carbocycles. The molecule has 5 nitrogen and oxygen atoms in total. The van der Waals surface area contributed by atoms with Gasteiger partial charge in [0.1, 0.15) is 6.04 Å². The molecule has 13 heavy (non-hydrogen) atoms. The zero-order valence-corrected chi connectivity index (χ0v) is 7.63. The van der Waals surface area contributed by atoms with Gasteiger partial charge >= 0.3 is 12.0 Å². The SMILES string of the molecule is CCCNC(=O)NC1CCOC1=O. The van der Waals surface area contributed by atoms with Gasteiger partial charge in [-0.3, -0.25) is 0 Å². The van der Waals surface area contributed by atoms with Crippen molar-refractivity contribution in [3.05, 3.63) is 0 Å². The Balaban J connectivity index is 2.23. The number of carbonyl (C=O) groups excluding carboxylic acids is 2. The number of carbonyl (C=O) groups is 2. The standard InChI is InChI=1S/C8H14N2O3/c1-2-4-9-8(12)10-6-3-5-13-7(6)11/h6H,2-5H2,1H3,(H2,9,10,12). The Labute approximate surface area is 76.8 Å². The Kier molecular flexibility index (Phi) is 3.54. The molecule has 0 radical (unpaired) electrons. The highest BCUT2D eigenvalue weighted by atomic mass is 16.5. The first-order valence-electron chi connectivity index (χ1n) is 4.45. The first kappa shape index (κ1) is 9.83. The van der Waals surface area contributed by atoms with Gasteiger partial charge in [-0.25, -0.2) is 9.59 Å². The number of cyclic esters (lactones) is 1. The van der Waals surface area contributed by atoms with Crippen LogP contribution in [-0.2, 0) is 9.53 Å². The van der Waals surface area contributed by atoms with Crippen molar-refractivity contribution in [1.82, 2.24) is 10.6 Å². The zero-order valence-electron chi connectivity index (χ0n) is 7.63. The van der Waals surface area contributed by atoms with Gasteiger partial charge in [0, 0.05) is 13.0 Å². The van der Waals surface area contributed by atoms with Crippen LogP contribution in [0.25, 0.3) is 0 Å². The maximum absolute atomic E-state index is 11.1. The van der Waals surface area contributed by atoms with Gasteiger partial charge < -0.3 is 15.4 Å². The Morgan fingerprint density at radius 1 is 1.69 bits per heavy atom. The predicted octanol–water partition coefficient (Wildman–Crippen LogP) is 0.0111. The third-order valence-corrected chi connectivity index (χ3v) is 1.78. The number of hydrogen-bond acceptors (Lipinski definition) is 3. The molecule has 1 saturated heterocycles. The van der Waals surface area contributed by atoms with Gasteiger partial charge in [0.15, 0.2) is 0 Å². The van der Waals surface area contributed by atoms with Crippen molar-refractivity contribution in [2.24, 2.45) is 0 Å². The highest BCUT2D eigenvalue weighted by Gasteiger charge is 2.27. The van der Waals surface area contributed by atoms with Gasteiger partial charge in [-0.2, -0.15) is 0 Å². The van der Waals surface area contributed by atoms with Crippen LogP contribution in [-0.4, -0.2) is 31.2 Å². The lowest BCUT2D eigenvalue weighted by atomic mass is 10.2. The van der Waals surface area contributed by atoms with E-state index in [-0.39, 0.29) is 12.0 Å². The maximum atomic E-state index is 11.1. The molecule has 2 amide bonds. The van der Waals surface area contributed by atoms with Gasteiger partial charge in [0.25, 0.3) is 0 Å². The number of ether oxygens (including phenoxy) is 1. The van der Waals surface area contributed by atoms with Crippen molar-refractivity contribution in [2.75, 3.05) is 13.2 Å². The molecule has 5 heteroatoms. The zero-order chi connectivity index (χ0) is 9.68.